The molecule has 0 bridgehead atoms. The van der Waals surface area contributed by atoms with Crippen molar-refractivity contribution in [2.45, 2.75) is 0 Å². The molecule has 1 aliphatic heterocycles. The molecule has 1 rings (SSSR count). The summed E-state index contributed by atoms with van der Waals surface area (Å²) in [6.45, 7) is 0.330. The third-order valence-electron chi connectivity index (χ3n) is 1.52. The van der Waals surface area contributed by atoms with E-state index in [1.165, 1.54) is 0 Å². The second kappa shape index (κ2) is 3.82. The molecule has 3 nitrogen and oxygen atoms in total. The lowest BCUT2D eigenvalue weighted by atomic mass is 9.96. The molecule has 0 aromatic heterocycles. The van der Waals surface area contributed by atoms with E-state index in [2.05, 4.69) is 4.89 Å². The maximum atomic E-state index is 8.93. The lowest BCUT2D eigenvalue weighted by molar-refractivity contribution is -0.260. The van der Waals surface area contributed by atoms with Crippen molar-refractivity contribution >= 4 is 21.6 Å². The summed E-state index contributed by atoms with van der Waals surface area (Å²) in [7, 11) is 3.42. The molecule has 2 N–H and O–H groups in total. The number of hydrogen-bond acceptors (Lipinski definition) is 5. The van der Waals surface area contributed by atoms with E-state index in [0.717, 1.165) is 11.5 Å². The lowest BCUT2D eigenvalue weighted by Crippen LogP contribution is -2.32. The molecule has 0 unspecified atom stereocenters. The summed E-state index contributed by atoms with van der Waals surface area (Å²) >= 11 is 0. The molecule has 60 valence electrons. The fourth-order valence-corrected chi connectivity index (χ4v) is 4.08. The van der Waals surface area contributed by atoms with Crippen molar-refractivity contribution in [2.24, 2.45) is 5.41 Å². The fraction of sp³-hybridized carbons (Fsp3) is 1.00. The van der Waals surface area contributed by atoms with E-state index in [4.69, 9.17) is 10.4 Å². The minimum absolute atomic E-state index is 0.0908. The molecule has 10 heavy (non-hydrogen) atoms. The quantitative estimate of drug-likeness (QED) is 0.385. The highest BCUT2D eigenvalue weighted by atomic mass is 33.1. The minimum Gasteiger partial charge on any atom is -0.396 e. The van der Waals surface area contributed by atoms with Crippen LogP contribution in [0.15, 0.2) is 0 Å². The first kappa shape index (κ1) is 8.67. The molecule has 1 saturated heterocycles. The molecule has 0 saturated carbocycles. The van der Waals surface area contributed by atoms with Crippen molar-refractivity contribution in [3.8, 4) is 0 Å². The van der Waals surface area contributed by atoms with Gasteiger partial charge in [0.2, 0.25) is 0 Å². The molecule has 5 heteroatoms. The minimum atomic E-state index is -0.204. The first-order chi connectivity index (χ1) is 4.83. The van der Waals surface area contributed by atoms with Crippen LogP contribution in [0.2, 0.25) is 0 Å². The summed E-state index contributed by atoms with van der Waals surface area (Å²) in [4.78, 5) is 4.03. The van der Waals surface area contributed by atoms with Crippen LogP contribution in [0.5, 0.6) is 0 Å². The molecular weight excluding hydrogens is 172 g/mol. The zero-order chi connectivity index (χ0) is 7.45. The van der Waals surface area contributed by atoms with Crippen LogP contribution in [-0.4, -0.2) is 35.1 Å². The van der Waals surface area contributed by atoms with E-state index in [0.29, 0.717) is 0 Å². The third kappa shape index (κ3) is 1.79. The monoisotopic (exact) mass is 182 g/mol. The first-order valence-electron chi connectivity index (χ1n) is 2.95. The van der Waals surface area contributed by atoms with Crippen molar-refractivity contribution in [1.29, 1.82) is 0 Å². The van der Waals surface area contributed by atoms with Gasteiger partial charge in [0.05, 0.1) is 13.2 Å². The highest BCUT2D eigenvalue weighted by molar-refractivity contribution is 8.77. The average molecular weight is 182 g/mol. The van der Waals surface area contributed by atoms with Crippen LogP contribution >= 0.6 is 21.6 Å². The molecule has 1 fully saturated rings. The van der Waals surface area contributed by atoms with Crippen molar-refractivity contribution in [3.63, 3.8) is 0 Å². The van der Waals surface area contributed by atoms with Crippen molar-refractivity contribution in [1.82, 2.24) is 0 Å². The van der Waals surface area contributed by atoms with Crippen LogP contribution in [0, 0.1) is 5.41 Å². The second-order valence-corrected chi connectivity index (χ2v) is 4.92. The van der Waals surface area contributed by atoms with E-state index in [-0.39, 0.29) is 18.6 Å². The van der Waals surface area contributed by atoms with Crippen LogP contribution in [-0.2, 0) is 4.89 Å². The molecule has 0 aliphatic carbocycles. The molecule has 0 spiro atoms. The van der Waals surface area contributed by atoms with E-state index in [1.807, 2.05) is 0 Å². The Balaban J connectivity index is 2.41. The number of hydrogen-bond donors (Lipinski definition) is 2. The third-order valence-corrected chi connectivity index (χ3v) is 4.35. The van der Waals surface area contributed by atoms with Crippen LogP contribution in [0.4, 0.5) is 0 Å². The molecular formula is C5H10O3S2. The van der Waals surface area contributed by atoms with Crippen LogP contribution in [0.3, 0.4) is 0 Å². The van der Waals surface area contributed by atoms with Gasteiger partial charge in [0.15, 0.2) is 0 Å². The maximum absolute atomic E-state index is 8.93. The predicted octanol–water partition coefficient (Wildman–Crippen LogP) is 0.850. The SMILES string of the molecule is OCC1(COO)CSSC1. The Hall–Kier alpha value is 0.580. The van der Waals surface area contributed by atoms with Crippen LogP contribution in [0.1, 0.15) is 0 Å². The largest absolute Gasteiger partial charge is 0.396 e. The molecule has 0 atom stereocenters. The van der Waals surface area contributed by atoms with Gasteiger partial charge in [0.25, 0.3) is 0 Å². The van der Waals surface area contributed by atoms with E-state index >= 15 is 0 Å². The maximum Gasteiger partial charge on any atom is 0.0914 e. The van der Waals surface area contributed by atoms with E-state index < -0.39 is 0 Å². The summed E-state index contributed by atoms with van der Waals surface area (Å²) < 4.78 is 0. The summed E-state index contributed by atoms with van der Waals surface area (Å²) in [5.41, 5.74) is -0.204. The molecule has 1 aliphatic rings. The van der Waals surface area contributed by atoms with Crippen molar-refractivity contribution in [3.05, 3.63) is 0 Å². The van der Waals surface area contributed by atoms with Gasteiger partial charge in [0, 0.05) is 16.9 Å². The molecule has 1 heterocycles. The second-order valence-electron chi connectivity index (χ2n) is 2.46. The highest BCUT2D eigenvalue weighted by Crippen LogP contribution is 2.42. The van der Waals surface area contributed by atoms with E-state index in [1.54, 1.807) is 21.6 Å². The van der Waals surface area contributed by atoms with Gasteiger partial charge in [-0.25, -0.2) is 4.89 Å². The smallest absolute Gasteiger partial charge is 0.0914 e. The van der Waals surface area contributed by atoms with Crippen molar-refractivity contribution in [2.75, 3.05) is 24.7 Å². The number of rotatable bonds is 3. The van der Waals surface area contributed by atoms with Crippen molar-refractivity contribution < 1.29 is 15.3 Å². The van der Waals surface area contributed by atoms with Gasteiger partial charge in [-0.1, -0.05) is 21.6 Å². The molecule has 0 aromatic carbocycles. The van der Waals surface area contributed by atoms with Gasteiger partial charge >= 0.3 is 0 Å². The van der Waals surface area contributed by atoms with Gasteiger partial charge in [-0.2, -0.15) is 0 Å². The Bertz CT molecular complexity index is 103. The van der Waals surface area contributed by atoms with Crippen LogP contribution in [0.25, 0.3) is 0 Å². The van der Waals surface area contributed by atoms with Crippen LogP contribution < -0.4 is 0 Å². The van der Waals surface area contributed by atoms with Gasteiger partial charge < -0.3 is 5.11 Å². The average Bonchev–Trinajstić information content (AvgIpc) is 2.39. The predicted molar refractivity (Wildman–Crippen MR) is 43.0 cm³/mol. The summed E-state index contributed by atoms with van der Waals surface area (Å²) in [5.74, 6) is 1.71. The van der Waals surface area contributed by atoms with Gasteiger partial charge in [-0.05, 0) is 0 Å². The first-order valence-corrected chi connectivity index (χ1v) is 5.43. The Morgan fingerprint density at radius 3 is 2.40 bits per heavy atom. The zero-order valence-corrected chi connectivity index (χ0v) is 7.08. The normalized spacial score (nSPS) is 23.4. The fourth-order valence-electron chi connectivity index (χ4n) is 0.732. The van der Waals surface area contributed by atoms with Gasteiger partial charge in [-0.3, -0.25) is 5.26 Å². The highest BCUT2D eigenvalue weighted by Gasteiger charge is 2.35. The van der Waals surface area contributed by atoms with E-state index in [9.17, 15) is 0 Å². The summed E-state index contributed by atoms with van der Waals surface area (Å²) in [6, 6.07) is 0. The molecule has 0 aromatic rings. The Kier molecular flexibility index (Phi) is 3.32. The lowest BCUT2D eigenvalue weighted by Gasteiger charge is -2.21. The number of aliphatic hydroxyl groups is 1. The topological polar surface area (TPSA) is 49.7 Å². The standard InChI is InChI=1S/C5H10O3S2/c6-1-5(2-8-7)3-9-10-4-5/h6-7H,1-4H2. The Labute approximate surface area is 67.5 Å². The summed E-state index contributed by atoms with van der Waals surface area (Å²) in [5, 5.41) is 17.1. The summed E-state index contributed by atoms with van der Waals surface area (Å²) in [6.07, 6.45) is 0. The number of aliphatic hydroxyl groups excluding tert-OH is 1. The molecule has 0 radical (unpaired) electrons. The Morgan fingerprint density at radius 2 is 2.00 bits per heavy atom. The Morgan fingerprint density at radius 1 is 1.40 bits per heavy atom. The zero-order valence-electron chi connectivity index (χ0n) is 5.45. The van der Waals surface area contributed by atoms with Gasteiger partial charge in [-0.15, -0.1) is 0 Å². The van der Waals surface area contributed by atoms with Gasteiger partial charge in [0.1, 0.15) is 0 Å². The molecule has 0 amide bonds.